The van der Waals surface area contributed by atoms with E-state index in [1.54, 1.807) is 13.8 Å². The Morgan fingerprint density at radius 3 is 1.35 bits per heavy atom. The first-order chi connectivity index (χ1) is 9.02. The van der Waals surface area contributed by atoms with Crippen LogP contribution in [-0.4, -0.2) is 68.9 Å². The molecule has 0 aliphatic carbocycles. The molecule has 0 bridgehead atoms. The minimum Gasteiger partial charge on any atom is -0.300 e. The van der Waals surface area contributed by atoms with Crippen LogP contribution in [0.5, 0.6) is 0 Å². The quantitative estimate of drug-likeness (QED) is 0.597. The summed E-state index contributed by atoms with van der Waals surface area (Å²) in [6, 6.07) is -1.07. The second-order valence-corrected chi connectivity index (χ2v) is 5.43. The molecule has 2 heterocycles. The van der Waals surface area contributed by atoms with Gasteiger partial charge in [0.15, 0.2) is 11.3 Å². The zero-order valence-electron chi connectivity index (χ0n) is 12.4. The summed E-state index contributed by atoms with van der Waals surface area (Å²) in [4.78, 5) is 53.0. The first-order valence-electron chi connectivity index (χ1n) is 6.20. The molecule has 20 heavy (non-hydrogen) atoms. The Kier molecular flexibility index (Phi) is 2.65. The van der Waals surface area contributed by atoms with E-state index in [-0.39, 0.29) is 0 Å². The van der Waals surface area contributed by atoms with Crippen LogP contribution in [0.1, 0.15) is 27.7 Å². The Bertz CT molecular complexity index is 504. The summed E-state index contributed by atoms with van der Waals surface area (Å²) in [5.41, 5.74) is -2.49. The largest absolute Gasteiger partial charge is 0.330 e. The Morgan fingerprint density at radius 2 is 1.10 bits per heavy atom. The molecule has 0 saturated carbocycles. The maximum absolute atomic E-state index is 12.3. The van der Waals surface area contributed by atoms with E-state index in [0.717, 1.165) is 9.80 Å². The standard InChI is InChI=1S/C12H18N4O4/c1-7(17)15-9(19)13(5)11(3)12(15,4)16(8(2)18)10(20)14(11)6/h1-6H3/t11-,12+/i1+1,7+1/m1/s1. The summed E-state index contributed by atoms with van der Waals surface area (Å²) in [6.45, 7) is 5.70. The third-order valence-corrected chi connectivity index (χ3v) is 4.66. The van der Waals surface area contributed by atoms with Gasteiger partial charge in [-0.15, -0.1) is 0 Å². The van der Waals surface area contributed by atoms with E-state index >= 15 is 0 Å². The van der Waals surface area contributed by atoms with Crippen molar-refractivity contribution in [1.82, 2.24) is 19.6 Å². The maximum Gasteiger partial charge on any atom is 0.330 e. The van der Waals surface area contributed by atoms with E-state index in [2.05, 4.69) is 0 Å². The number of fused-ring (bicyclic) bond motifs is 1. The van der Waals surface area contributed by atoms with Crippen LogP contribution in [0.15, 0.2) is 0 Å². The Morgan fingerprint density at radius 1 is 0.800 bits per heavy atom. The summed E-state index contributed by atoms with van der Waals surface area (Å²) in [7, 11) is 3.02. The van der Waals surface area contributed by atoms with Crippen molar-refractivity contribution >= 4 is 23.9 Å². The fourth-order valence-corrected chi connectivity index (χ4v) is 3.31. The van der Waals surface area contributed by atoms with Gasteiger partial charge in [0.25, 0.3) is 0 Å². The topological polar surface area (TPSA) is 81.2 Å². The number of nitrogens with zero attached hydrogens (tertiary/aromatic N) is 4. The third kappa shape index (κ3) is 1.17. The van der Waals surface area contributed by atoms with Gasteiger partial charge in [0.1, 0.15) is 0 Å². The summed E-state index contributed by atoms with van der Waals surface area (Å²) in [5, 5.41) is 0. The Labute approximate surface area is 116 Å². The molecular formula is C12H18N4O4. The predicted molar refractivity (Wildman–Crippen MR) is 68.2 cm³/mol. The summed E-state index contributed by atoms with van der Waals surface area (Å²) in [6.07, 6.45) is 0. The molecule has 2 atom stereocenters. The lowest BCUT2D eigenvalue weighted by Gasteiger charge is -2.42. The first-order valence-corrected chi connectivity index (χ1v) is 6.20. The van der Waals surface area contributed by atoms with Gasteiger partial charge in [-0.05, 0) is 13.8 Å². The van der Waals surface area contributed by atoms with Gasteiger partial charge in [0.05, 0.1) is 0 Å². The van der Waals surface area contributed by atoms with Crippen LogP contribution in [0.3, 0.4) is 0 Å². The van der Waals surface area contributed by atoms with Crippen molar-refractivity contribution in [2.75, 3.05) is 14.1 Å². The monoisotopic (exact) mass is 284 g/mol. The molecule has 2 rings (SSSR count). The van der Waals surface area contributed by atoms with Gasteiger partial charge in [-0.1, -0.05) is 0 Å². The molecule has 0 spiro atoms. The molecule has 8 nitrogen and oxygen atoms in total. The first kappa shape index (κ1) is 14.3. The zero-order valence-corrected chi connectivity index (χ0v) is 12.4. The lowest BCUT2D eigenvalue weighted by molar-refractivity contribution is -0.144. The molecule has 6 amide bonds. The number of hydrogen-bond donors (Lipinski definition) is 0. The van der Waals surface area contributed by atoms with Crippen LogP contribution in [0.25, 0.3) is 0 Å². The highest BCUT2D eigenvalue weighted by atomic mass is 16.3. The van der Waals surface area contributed by atoms with E-state index in [0.29, 0.717) is 0 Å². The number of urea groups is 2. The molecule has 0 unspecified atom stereocenters. The fourth-order valence-electron chi connectivity index (χ4n) is 3.31. The lowest BCUT2D eigenvalue weighted by Crippen LogP contribution is -2.65. The predicted octanol–water partition coefficient (Wildman–Crippen LogP) is 0.247. The molecule has 0 aromatic heterocycles. The van der Waals surface area contributed by atoms with Crippen molar-refractivity contribution in [3.8, 4) is 0 Å². The van der Waals surface area contributed by atoms with Crippen molar-refractivity contribution in [3.05, 3.63) is 0 Å². The molecule has 0 N–H and O–H groups in total. The van der Waals surface area contributed by atoms with Gasteiger partial charge in [0, 0.05) is 27.9 Å². The number of carbonyl (C=O) groups is 4. The van der Waals surface area contributed by atoms with Crippen molar-refractivity contribution < 1.29 is 19.2 Å². The highest BCUT2D eigenvalue weighted by molar-refractivity contribution is 6.04. The normalized spacial score (nSPS) is 33.1. The van der Waals surface area contributed by atoms with Crippen LogP contribution < -0.4 is 0 Å². The molecule has 2 aliphatic rings. The molecule has 0 radical (unpaired) electrons. The third-order valence-electron chi connectivity index (χ3n) is 4.66. The van der Waals surface area contributed by atoms with Crippen LogP contribution in [0.2, 0.25) is 0 Å². The van der Waals surface area contributed by atoms with Crippen LogP contribution in [0, 0.1) is 0 Å². The van der Waals surface area contributed by atoms with Gasteiger partial charge in [-0.25, -0.2) is 19.4 Å². The highest BCUT2D eigenvalue weighted by Crippen LogP contribution is 2.49. The average Bonchev–Trinajstić information content (AvgIpc) is 2.57. The van der Waals surface area contributed by atoms with Crippen molar-refractivity contribution in [2.45, 2.75) is 39.0 Å². The van der Waals surface area contributed by atoms with E-state index in [4.69, 9.17) is 0 Å². The summed E-state index contributed by atoms with van der Waals surface area (Å²) >= 11 is 0. The molecule has 0 aromatic rings. The van der Waals surface area contributed by atoms with E-state index < -0.39 is 35.2 Å². The molecule has 2 saturated heterocycles. The number of likely N-dealkylation sites (N-methyl/N-ethyl adjacent to an activating group) is 2. The molecule has 2 fully saturated rings. The average molecular weight is 284 g/mol. The fraction of sp³-hybridized carbons (Fsp3) is 0.667. The van der Waals surface area contributed by atoms with Gasteiger partial charge in [-0.2, -0.15) is 0 Å². The number of imide groups is 2. The SMILES string of the molecule is CC(=O)N1C(=O)N(C)[C@@]2(C)N(C)C(=O)N([13C]([13CH3])=O)[C@@]12C. The number of amides is 6. The van der Waals surface area contributed by atoms with E-state index in [1.165, 1.54) is 37.7 Å². The lowest BCUT2D eigenvalue weighted by atomic mass is 9.96. The van der Waals surface area contributed by atoms with Gasteiger partial charge in [-0.3, -0.25) is 9.59 Å². The molecule has 8 heteroatoms. The summed E-state index contributed by atoms with van der Waals surface area (Å²) < 4.78 is 0. The van der Waals surface area contributed by atoms with Gasteiger partial charge in [0.2, 0.25) is 11.8 Å². The molecule has 2 aliphatic heterocycles. The number of carbonyl (C=O) groups excluding carboxylic acids is 4. The van der Waals surface area contributed by atoms with Crippen molar-refractivity contribution in [1.29, 1.82) is 0 Å². The smallest absolute Gasteiger partial charge is 0.300 e. The maximum atomic E-state index is 12.3. The highest BCUT2D eigenvalue weighted by Gasteiger charge is 2.74. The van der Waals surface area contributed by atoms with Gasteiger partial charge >= 0.3 is 12.1 Å². The minimum absolute atomic E-state index is 0.512. The number of rotatable bonds is 0. The molecule has 110 valence electrons. The zero-order chi connectivity index (χ0) is 15.6. The second kappa shape index (κ2) is 3.71. The Balaban J connectivity index is 2.77. The van der Waals surface area contributed by atoms with Crippen LogP contribution in [-0.2, 0) is 9.59 Å². The molecular weight excluding hydrogens is 266 g/mol. The second-order valence-electron chi connectivity index (χ2n) is 5.43. The van der Waals surface area contributed by atoms with Crippen molar-refractivity contribution in [2.24, 2.45) is 0 Å². The van der Waals surface area contributed by atoms with Gasteiger partial charge < -0.3 is 9.80 Å². The minimum atomic E-state index is -1.37. The molecule has 0 aromatic carbocycles. The van der Waals surface area contributed by atoms with Crippen LogP contribution >= 0.6 is 0 Å². The van der Waals surface area contributed by atoms with Crippen LogP contribution in [0.4, 0.5) is 9.59 Å². The summed E-state index contributed by atoms with van der Waals surface area (Å²) in [5.74, 6) is -1.02. The number of hydrogen-bond acceptors (Lipinski definition) is 4. The van der Waals surface area contributed by atoms with E-state index in [9.17, 15) is 19.2 Å². The Hall–Kier alpha value is -2.12. The van der Waals surface area contributed by atoms with E-state index in [1.807, 2.05) is 0 Å². The van der Waals surface area contributed by atoms with Crippen molar-refractivity contribution in [3.63, 3.8) is 0 Å².